The number of sulfonamides is 1. The standard InChI is InChI=1S/C18H19F2N3O3S/c19-15-6-1-2-7-16(15)27(25,26)23-10-4-8-18(20,13-23)17(24)22-12-14-5-3-9-21-11-14/h1-3,5-7,9,11H,4,8,10,12-13H2,(H,22,24)/t18-/m0/s1. The van der Waals surface area contributed by atoms with Crippen molar-refractivity contribution in [3.8, 4) is 0 Å². The molecule has 1 amide bonds. The lowest BCUT2D eigenvalue weighted by Gasteiger charge is -2.35. The first-order chi connectivity index (χ1) is 12.8. The predicted molar refractivity (Wildman–Crippen MR) is 94.3 cm³/mol. The van der Waals surface area contributed by atoms with Crippen molar-refractivity contribution in [1.82, 2.24) is 14.6 Å². The third-order valence-electron chi connectivity index (χ3n) is 4.44. The van der Waals surface area contributed by atoms with Crippen molar-refractivity contribution < 1.29 is 22.0 Å². The highest BCUT2D eigenvalue weighted by atomic mass is 32.2. The molecule has 1 fully saturated rings. The lowest BCUT2D eigenvalue weighted by molar-refractivity contribution is -0.135. The van der Waals surface area contributed by atoms with Gasteiger partial charge in [0.2, 0.25) is 15.7 Å². The van der Waals surface area contributed by atoms with Gasteiger partial charge in [0, 0.05) is 25.5 Å². The molecule has 27 heavy (non-hydrogen) atoms. The summed E-state index contributed by atoms with van der Waals surface area (Å²) < 4.78 is 55.3. The number of carbonyl (C=O) groups is 1. The summed E-state index contributed by atoms with van der Waals surface area (Å²) >= 11 is 0. The van der Waals surface area contributed by atoms with E-state index in [0.717, 1.165) is 16.4 Å². The molecule has 0 saturated carbocycles. The van der Waals surface area contributed by atoms with Gasteiger partial charge in [-0.1, -0.05) is 18.2 Å². The summed E-state index contributed by atoms with van der Waals surface area (Å²) in [6.45, 7) is -0.542. The Labute approximate surface area is 156 Å². The number of rotatable bonds is 5. The second kappa shape index (κ2) is 7.69. The van der Waals surface area contributed by atoms with Gasteiger partial charge in [0.25, 0.3) is 5.91 Å². The molecule has 1 N–H and O–H groups in total. The van der Waals surface area contributed by atoms with Crippen LogP contribution in [0.5, 0.6) is 0 Å². The zero-order chi connectivity index (χ0) is 19.5. The number of amides is 1. The average Bonchev–Trinajstić information content (AvgIpc) is 2.67. The van der Waals surface area contributed by atoms with Crippen LogP contribution in [0, 0.1) is 5.82 Å². The summed E-state index contributed by atoms with van der Waals surface area (Å²) in [5, 5.41) is 2.48. The second-order valence-electron chi connectivity index (χ2n) is 6.38. The second-order valence-corrected chi connectivity index (χ2v) is 8.29. The van der Waals surface area contributed by atoms with Gasteiger partial charge < -0.3 is 5.32 Å². The van der Waals surface area contributed by atoms with Gasteiger partial charge in [-0.05, 0) is 36.6 Å². The van der Waals surface area contributed by atoms with Crippen LogP contribution in [0.25, 0.3) is 0 Å². The lowest BCUT2D eigenvalue weighted by atomic mass is 9.95. The minimum absolute atomic E-state index is 0.0260. The van der Waals surface area contributed by atoms with Crippen molar-refractivity contribution in [2.24, 2.45) is 0 Å². The molecule has 1 atom stereocenters. The van der Waals surface area contributed by atoms with Crippen LogP contribution >= 0.6 is 0 Å². The first-order valence-electron chi connectivity index (χ1n) is 8.44. The smallest absolute Gasteiger partial charge is 0.259 e. The number of benzene rings is 1. The topological polar surface area (TPSA) is 79.4 Å². The van der Waals surface area contributed by atoms with Gasteiger partial charge in [0.05, 0.1) is 6.54 Å². The Morgan fingerprint density at radius 2 is 2.04 bits per heavy atom. The molecule has 1 aliphatic rings. The monoisotopic (exact) mass is 395 g/mol. The minimum atomic E-state index is -4.24. The largest absolute Gasteiger partial charge is 0.349 e. The molecule has 9 heteroatoms. The zero-order valence-corrected chi connectivity index (χ0v) is 15.3. The van der Waals surface area contributed by atoms with Crippen LogP contribution in [-0.2, 0) is 21.4 Å². The van der Waals surface area contributed by atoms with E-state index < -0.39 is 38.9 Å². The fourth-order valence-electron chi connectivity index (χ4n) is 3.00. The van der Waals surface area contributed by atoms with Crippen LogP contribution in [0.3, 0.4) is 0 Å². The fourth-order valence-corrected chi connectivity index (χ4v) is 4.59. The highest BCUT2D eigenvalue weighted by molar-refractivity contribution is 7.89. The molecule has 1 saturated heterocycles. The fraction of sp³-hybridized carbons (Fsp3) is 0.333. The number of aromatic nitrogens is 1. The maximum absolute atomic E-state index is 15.2. The van der Waals surface area contributed by atoms with Crippen LogP contribution < -0.4 is 5.32 Å². The Morgan fingerprint density at radius 3 is 2.74 bits per heavy atom. The molecule has 1 aliphatic heterocycles. The minimum Gasteiger partial charge on any atom is -0.349 e. The van der Waals surface area contributed by atoms with E-state index in [1.54, 1.807) is 24.5 Å². The van der Waals surface area contributed by atoms with Crippen LogP contribution in [0.15, 0.2) is 53.7 Å². The summed E-state index contributed by atoms with van der Waals surface area (Å²) in [4.78, 5) is 15.8. The number of hydrogen-bond donors (Lipinski definition) is 1. The van der Waals surface area contributed by atoms with Gasteiger partial charge in [-0.2, -0.15) is 4.31 Å². The molecule has 0 radical (unpaired) electrons. The highest BCUT2D eigenvalue weighted by Crippen LogP contribution is 2.30. The SMILES string of the molecule is O=C(NCc1cccnc1)[C@]1(F)CCCN(S(=O)(=O)c2ccccc2F)C1. The Kier molecular flexibility index (Phi) is 5.52. The molecule has 0 aliphatic carbocycles. The maximum Gasteiger partial charge on any atom is 0.259 e. The summed E-state index contributed by atoms with van der Waals surface area (Å²) in [7, 11) is -4.24. The van der Waals surface area contributed by atoms with E-state index in [1.807, 2.05) is 0 Å². The quantitative estimate of drug-likeness (QED) is 0.840. The van der Waals surface area contributed by atoms with Crippen molar-refractivity contribution in [2.75, 3.05) is 13.1 Å². The lowest BCUT2D eigenvalue weighted by Crippen LogP contribution is -2.55. The molecule has 2 aromatic rings. The first-order valence-corrected chi connectivity index (χ1v) is 9.88. The molecular weight excluding hydrogens is 376 g/mol. The molecule has 1 aromatic heterocycles. The van der Waals surface area contributed by atoms with Crippen molar-refractivity contribution in [1.29, 1.82) is 0 Å². The van der Waals surface area contributed by atoms with E-state index in [2.05, 4.69) is 10.3 Å². The molecular formula is C18H19F2N3O3S. The van der Waals surface area contributed by atoms with E-state index in [9.17, 15) is 17.6 Å². The van der Waals surface area contributed by atoms with Crippen LogP contribution in [0.4, 0.5) is 8.78 Å². The molecule has 0 spiro atoms. The normalized spacial score (nSPS) is 21.0. The van der Waals surface area contributed by atoms with E-state index >= 15 is 4.39 Å². The Hall–Kier alpha value is -2.39. The van der Waals surface area contributed by atoms with Crippen molar-refractivity contribution in [2.45, 2.75) is 30.0 Å². The van der Waals surface area contributed by atoms with Crippen LogP contribution in [0.1, 0.15) is 18.4 Å². The summed E-state index contributed by atoms with van der Waals surface area (Å²) in [5.74, 6) is -1.80. The molecule has 6 nitrogen and oxygen atoms in total. The van der Waals surface area contributed by atoms with Crippen molar-refractivity contribution in [3.63, 3.8) is 0 Å². The molecule has 0 bridgehead atoms. The number of halogens is 2. The number of pyridine rings is 1. The van der Waals surface area contributed by atoms with Gasteiger partial charge in [-0.15, -0.1) is 0 Å². The van der Waals surface area contributed by atoms with Crippen molar-refractivity contribution in [3.05, 3.63) is 60.2 Å². The number of nitrogens with zero attached hydrogens (tertiary/aromatic N) is 2. The number of piperidine rings is 1. The number of hydrogen-bond acceptors (Lipinski definition) is 4. The van der Waals surface area contributed by atoms with E-state index in [4.69, 9.17) is 0 Å². The van der Waals surface area contributed by atoms with Gasteiger partial charge in [0.1, 0.15) is 10.7 Å². The predicted octanol–water partition coefficient (Wildman–Crippen LogP) is 2.03. The number of alkyl halides is 1. The van der Waals surface area contributed by atoms with Gasteiger partial charge >= 0.3 is 0 Å². The van der Waals surface area contributed by atoms with E-state index in [1.165, 1.54) is 12.1 Å². The Bertz CT molecular complexity index is 924. The van der Waals surface area contributed by atoms with Gasteiger partial charge in [-0.3, -0.25) is 9.78 Å². The molecule has 1 aromatic carbocycles. The number of nitrogens with one attached hydrogen (secondary N) is 1. The highest BCUT2D eigenvalue weighted by Gasteiger charge is 2.46. The van der Waals surface area contributed by atoms with Gasteiger partial charge in [0.15, 0.2) is 0 Å². The average molecular weight is 395 g/mol. The molecule has 0 unspecified atom stereocenters. The van der Waals surface area contributed by atoms with Gasteiger partial charge in [-0.25, -0.2) is 17.2 Å². The Balaban J connectivity index is 1.74. The third-order valence-corrected chi connectivity index (χ3v) is 6.32. The molecule has 144 valence electrons. The first kappa shape index (κ1) is 19.4. The summed E-state index contributed by atoms with van der Waals surface area (Å²) in [6.07, 6.45) is 3.18. The molecule has 2 heterocycles. The van der Waals surface area contributed by atoms with Crippen LogP contribution in [-0.4, -0.2) is 42.4 Å². The maximum atomic E-state index is 15.2. The van der Waals surface area contributed by atoms with Crippen LogP contribution in [0.2, 0.25) is 0 Å². The zero-order valence-electron chi connectivity index (χ0n) is 14.4. The molecule has 3 rings (SSSR count). The number of carbonyl (C=O) groups excluding carboxylic acids is 1. The van der Waals surface area contributed by atoms with Crippen molar-refractivity contribution >= 4 is 15.9 Å². The summed E-state index contributed by atoms with van der Waals surface area (Å²) in [5.41, 5.74) is -1.68. The van der Waals surface area contributed by atoms with E-state index in [-0.39, 0.29) is 25.9 Å². The summed E-state index contributed by atoms with van der Waals surface area (Å²) in [6, 6.07) is 8.34. The third kappa shape index (κ3) is 4.14. The van der Waals surface area contributed by atoms with E-state index in [0.29, 0.717) is 5.56 Å². The Morgan fingerprint density at radius 1 is 1.26 bits per heavy atom.